The minimum atomic E-state index is -0.156. The van der Waals surface area contributed by atoms with Gasteiger partial charge in [-0.05, 0) is 53.9 Å². The summed E-state index contributed by atoms with van der Waals surface area (Å²) in [6, 6.07) is 18.6. The minimum Gasteiger partial charge on any atom is -0.497 e. The Labute approximate surface area is 168 Å². The van der Waals surface area contributed by atoms with Crippen molar-refractivity contribution in [3.05, 3.63) is 76.8 Å². The number of amides is 1. The number of carbonyl (C=O) groups excluding carboxylic acids is 1. The summed E-state index contributed by atoms with van der Waals surface area (Å²) in [5, 5.41) is 14.7. The number of carbonyl (C=O) groups is 1. The molecule has 0 aliphatic rings. The summed E-state index contributed by atoms with van der Waals surface area (Å²) < 4.78 is 5.15. The fourth-order valence-electron chi connectivity index (χ4n) is 2.60. The lowest BCUT2D eigenvalue weighted by atomic mass is 10.1. The average Bonchev–Trinajstić information content (AvgIpc) is 2.71. The zero-order valence-corrected chi connectivity index (χ0v) is 16.2. The van der Waals surface area contributed by atoms with E-state index in [2.05, 4.69) is 20.8 Å². The molecule has 0 spiro atoms. The van der Waals surface area contributed by atoms with Crippen LogP contribution in [0.15, 0.2) is 60.7 Å². The Morgan fingerprint density at radius 3 is 2.21 bits per heavy atom. The number of nitrogens with one attached hydrogen (secondary N) is 2. The Morgan fingerprint density at radius 2 is 1.57 bits per heavy atom. The Bertz CT molecular complexity index is 897. The second-order valence-electron chi connectivity index (χ2n) is 6.18. The van der Waals surface area contributed by atoms with Gasteiger partial charge < -0.3 is 15.4 Å². The van der Waals surface area contributed by atoms with Crippen molar-refractivity contribution in [1.82, 2.24) is 10.2 Å². The molecule has 0 fully saturated rings. The summed E-state index contributed by atoms with van der Waals surface area (Å²) in [7, 11) is 1.65. The number of aromatic nitrogens is 2. The van der Waals surface area contributed by atoms with E-state index in [1.165, 1.54) is 5.56 Å². The predicted octanol–water partition coefficient (Wildman–Crippen LogP) is 3.97. The highest BCUT2D eigenvalue weighted by atomic mass is 35.5. The van der Waals surface area contributed by atoms with E-state index in [0.29, 0.717) is 16.7 Å². The smallest absolute Gasteiger partial charge is 0.229 e. The highest BCUT2D eigenvalue weighted by Crippen LogP contribution is 2.13. The SMILES string of the molecule is COc1ccc(CCNc2ccc(NC(=O)Cc3ccc(Cl)cc3)nn2)cc1. The molecule has 0 saturated carbocycles. The van der Waals surface area contributed by atoms with Gasteiger partial charge in [0.2, 0.25) is 5.91 Å². The molecule has 1 amide bonds. The lowest BCUT2D eigenvalue weighted by Gasteiger charge is -2.07. The quantitative estimate of drug-likeness (QED) is 0.602. The molecule has 0 bridgehead atoms. The number of rotatable bonds is 8. The summed E-state index contributed by atoms with van der Waals surface area (Å²) in [6.45, 7) is 0.725. The van der Waals surface area contributed by atoms with Crippen LogP contribution in [0.4, 0.5) is 11.6 Å². The summed E-state index contributed by atoms with van der Waals surface area (Å²) in [4.78, 5) is 12.1. The monoisotopic (exact) mass is 396 g/mol. The second kappa shape index (κ2) is 9.71. The van der Waals surface area contributed by atoms with Crippen LogP contribution in [0.2, 0.25) is 5.02 Å². The van der Waals surface area contributed by atoms with Crippen LogP contribution in [-0.4, -0.2) is 29.8 Å². The van der Waals surface area contributed by atoms with Crippen LogP contribution < -0.4 is 15.4 Å². The first-order valence-electron chi connectivity index (χ1n) is 8.87. The molecule has 0 aliphatic heterocycles. The maximum absolute atomic E-state index is 12.1. The van der Waals surface area contributed by atoms with Gasteiger partial charge in [0.25, 0.3) is 0 Å². The van der Waals surface area contributed by atoms with Crippen LogP contribution in [0.25, 0.3) is 0 Å². The van der Waals surface area contributed by atoms with Gasteiger partial charge in [-0.15, -0.1) is 10.2 Å². The molecule has 1 heterocycles. The molecule has 144 valence electrons. The van der Waals surface area contributed by atoms with Crippen LogP contribution in [0.1, 0.15) is 11.1 Å². The molecule has 0 aliphatic carbocycles. The van der Waals surface area contributed by atoms with Crippen LogP contribution in [-0.2, 0) is 17.6 Å². The number of hydrogen-bond acceptors (Lipinski definition) is 5. The Balaban J connectivity index is 1.44. The number of hydrogen-bond donors (Lipinski definition) is 2. The van der Waals surface area contributed by atoms with E-state index in [-0.39, 0.29) is 12.3 Å². The second-order valence-corrected chi connectivity index (χ2v) is 6.62. The number of benzene rings is 2. The van der Waals surface area contributed by atoms with Gasteiger partial charge in [-0.25, -0.2) is 0 Å². The number of ether oxygens (including phenoxy) is 1. The van der Waals surface area contributed by atoms with Gasteiger partial charge >= 0.3 is 0 Å². The van der Waals surface area contributed by atoms with E-state index in [9.17, 15) is 4.79 Å². The fraction of sp³-hybridized carbons (Fsp3) is 0.190. The van der Waals surface area contributed by atoms with Crippen molar-refractivity contribution in [1.29, 1.82) is 0 Å². The van der Waals surface area contributed by atoms with Gasteiger partial charge in [-0.3, -0.25) is 4.79 Å². The van der Waals surface area contributed by atoms with Gasteiger partial charge in [0, 0.05) is 11.6 Å². The van der Waals surface area contributed by atoms with Crippen molar-refractivity contribution in [3.63, 3.8) is 0 Å². The minimum absolute atomic E-state index is 0.156. The molecule has 1 aromatic heterocycles. The van der Waals surface area contributed by atoms with E-state index in [0.717, 1.165) is 24.3 Å². The Kier molecular flexibility index (Phi) is 6.81. The van der Waals surface area contributed by atoms with Crippen molar-refractivity contribution in [2.45, 2.75) is 12.8 Å². The van der Waals surface area contributed by atoms with E-state index in [1.807, 2.05) is 36.4 Å². The Hall–Kier alpha value is -3.12. The van der Waals surface area contributed by atoms with Crippen LogP contribution in [0, 0.1) is 0 Å². The van der Waals surface area contributed by atoms with Gasteiger partial charge in [0.1, 0.15) is 11.6 Å². The molecule has 0 radical (unpaired) electrons. The number of anilines is 2. The zero-order chi connectivity index (χ0) is 19.8. The van der Waals surface area contributed by atoms with Gasteiger partial charge in [-0.1, -0.05) is 35.9 Å². The summed E-state index contributed by atoms with van der Waals surface area (Å²) in [6.07, 6.45) is 1.10. The number of nitrogens with zero attached hydrogens (tertiary/aromatic N) is 2. The molecule has 0 atom stereocenters. The highest BCUT2D eigenvalue weighted by Gasteiger charge is 2.06. The maximum atomic E-state index is 12.1. The standard InChI is InChI=1S/C21H21ClN4O2/c1-28-18-8-4-15(5-9-18)12-13-23-19-10-11-20(26-25-19)24-21(27)14-16-2-6-17(22)7-3-16/h2-11H,12-14H2,1H3,(H,23,25)(H,24,26,27). The first kappa shape index (κ1) is 19.6. The molecular weight excluding hydrogens is 376 g/mol. The summed E-state index contributed by atoms with van der Waals surface area (Å²) >= 11 is 5.85. The van der Waals surface area contributed by atoms with E-state index < -0.39 is 0 Å². The first-order valence-corrected chi connectivity index (χ1v) is 9.25. The third-order valence-electron chi connectivity index (χ3n) is 4.09. The maximum Gasteiger partial charge on any atom is 0.229 e. The predicted molar refractivity (Wildman–Crippen MR) is 111 cm³/mol. The number of methoxy groups -OCH3 is 1. The molecule has 2 aromatic carbocycles. The van der Waals surface area contributed by atoms with Crippen LogP contribution in [0.3, 0.4) is 0 Å². The van der Waals surface area contributed by atoms with Crippen molar-refractivity contribution in [2.75, 3.05) is 24.3 Å². The van der Waals surface area contributed by atoms with Gasteiger partial charge in [0.05, 0.1) is 13.5 Å². The third-order valence-corrected chi connectivity index (χ3v) is 4.34. The van der Waals surface area contributed by atoms with Crippen molar-refractivity contribution in [3.8, 4) is 5.75 Å². The number of halogens is 1. The van der Waals surface area contributed by atoms with Crippen LogP contribution >= 0.6 is 11.6 Å². The molecule has 3 aromatic rings. The molecule has 0 saturated heterocycles. The van der Waals surface area contributed by atoms with Crippen molar-refractivity contribution >= 4 is 29.1 Å². The highest BCUT2D eigenvalue weighted by molar-refractivity contribution is 6.30. The van der Waals surface area contributed by atoms with E-state index >= 15 is 0 Å². The van der Waals surface area contributed by atoms with Gasteiger partial charge in [-0.2, -0.15) is 0 Å². The molecular formula is C21H21ClN4O2. The summed E-state index contributed by atoms with van der Waals surface area (Å²) in [5.41, 5.74) is 2.08. The molecule has 6 nitrogen and oxygen atoms in total. The Morgan fingerprint density at radius 1 is 0.929 bits per heavy atom. The topological polar surface area (TPSA) is 76.1 Å². The molecule has 2 N–H and O–H groups in total. The average molecular weight is 397 g/mol. The van der Waals surface area contributed by atoms with Gasteiger partial charge in [0.15, 0.2) is 5.82 Å². The van der Waals surface area contributed by atoms with Crippen LogP contribution in [0.5, 0.6) is 5.75 Å². The molecule has 7 heteroatoms. The van der Waals surface area contributed by atoms with E-state index in [4.69, 9.17) is 16.3 Å². The van der Waals surface area contributed by atoms with Crippen molar-refractivity contribution in [2.24, 2.45) is 0 Å². The molecule has 3 rings (SSSR count). The molecule has 0 unspecified atom stereocenters. The lowest BCUT2D eigenvalue weighted by molar-refractivity contribution is -0.115. The third kappa shape index (κ3) is 5.96. The summed E-state index contributed by atoms with van der Waals surface area (Å²) in [5.74, 6) is 1.76. The lowest BCUT2D eigenvalue weighted by Crippen LogP contribution is -2.16. The zero-order valence-electron chi connectivity index (χ0n) is 15.5. The first-order chi connectivity index (χ1) is 13.6. The molecule has 28 heavy (non-hydrogen) atoms. The van der Waals surface area contributed by atoms with Crippen molar-refractivity contribution < 1.29 is 9.53 Å². The fourth-order valence-corrected chi connectivity index (χ4v) is 2.72. The van der Waals surface area contributed by atoms with E-state index in [1.54, 1.807) is 31.4 Å². The normalized spacial score (nSPS) is 10.4. The largest absolute Gasteiger partial charge is 0.497 e.